The molecule has 1 saturated carbocycles. The van der Waals surface area contributed by atoms with E-state index in [1.54, 1.807) is 0 Å². The monoisotopic (exact) mass is 241 g/mol. The lowest BCUT2D eigenvalue weighted by atomic mass is 9.95. The van der Waals surface area contributed by atoms with E-state index in [9.17, 15) is 5.11 Å². The zero-order valence-corrected chi connectivity index (χ0v) is 12.2. The molecule has 1 rings (SSSR count). The van der Waals surface area contributed by atoms with E-state index in [1.807, 2.05) is 0 Å². The minimum Gasteiger partial charge on any atom is -0.393 e. The molecule has 3 atom stereocenters. The summed E-state index contributed by atoms with van der Waals surface area (Å²) in [5.41, 5.74) is 0. The van der Waals surface area contributed by atoms with Crippen LogP contribution in [0.25, 0.3) is 0 Å². The lowest BCUT2D eigenvalue weighted by molar-refractivity contribution is 0.0686. The summed E-state index contributed by atoms with van der Waals surface area (Å²) in [5.74, 6) is 1.25. The van der Waals surface area contributed by atoms with E-state index in [4.69, 9.17) is 0 Å². The first kappa shape index (κ1) is 15.0. The van der Waals surface area contributed by atoms with Crippen LogP contribution in [-0.2, 0) is 0 Å². The molecule has 1 fully saturated rings. The maximum absolute atomic E-state index is 10.1. The maximum Gasteiger partial charge on any atom is 0.0580 e. The van der Waals surface area contributed by atoms with Crippen molar-refractivity contribution < 1.29 is 5.11 Å². The second-order valence-electron chi connectivity index (χ2n) is 6.38. The minimum absolute atomic E-state index is 0.0637. The summed E-state index contributed by atoms with van der Waals surface area (Å²) in [7, 11) is 2.21. The lowest BCUT2D eigenvalue weighted by Crippen LogP contribution is -2.38. The highest BCUT2D eigenvalue weighted by Gasteiger charge is 2.24. The lowest BCUT2D eigenvalue weighted by Gasteiger charge is -2.31. The Labute approximate surface area is 107 Å². The van der Waals surface area contributed by atoms with Crippen molar-refractivity contribution >= 4 is 0 Å². The molecule has 0 aromatic heterocycles. The third-order valence-electron chi connectivity index (χ3n) is 4.21. The molecule has 1 aliphatic carbocycles. The van der Waals surface area contributed by atoms with Gasteiger partial charge in [0.1, 0.15) is 0 Å². The normalized spacial score (nSPS) is 28.4. The summed E-state index contributed by atoms with van der Waals surface area (Å²) in [6.07, 6.45) is 7.22. The number of rotatable bonds is 5. The van der Waals surface area contributed by atoms with Crippen LogP contribution in [0.1, 0.15) is 59.3 Å². The van der Waals surface area contributed by atoms with Crippen LogP contribution >= 0.6 is 0 Å². The number of hydrogen-bond donors (Lipinski definition) is 1. The van der Waals surface area contributed by atoms with Gasteiger partial charge in [-0.05, 0) is 45.1 Å². The Hall–Kier alpha value is -0.0800. The SMILES string of the molecule is CC(C)CC(C)N(C)CC1CCCCCC1O. The third kappa shape index (κ3) is 5.39. The van der Waals surface area contributed by atoms with Gasteiger partial charge in [0.05, 0.1) is 6.10 Å². The Morgan fingerprint density at radius 2 is 1.76 bits per heavy atom. The van der Waals surface area contributed by atoms with Gasteiger partial charge < -0.3 is 10.0 Å². The summed E-state index contributed by atoms with van der Waals surface area (Å²) < 4.78 is 0. The predicted molar refractivity (Wildman–Crippen MR) is 74.1 cm³/mol. The summed E-state index contributed by atoms with van der Waals surface area (Å²) >= 11 is 0. The molecule has 0 heterocycles. The van der Waals surface area contributed by atoms with Gasteiger partial charge in [-0.25, -0.2) is 0 Å². The van der Waals surface area contributed by atoms with Gasteiger partial charge in [0.2, 0.25) is 0 Å². The van der Waals surface area contributed by atoms with Crippen molar-refractivity contribution in [2.24, 2.45) is 11.8 Å². The van der Waals surface area contributed by atoms with Gasteiger partial charge in [-0.1, -0.05) is 33.1 Å². The fourth-order valence-electron chi connectivity index (χ4n) is 2.99. The summed E-state index contributed by atoms with van der Waals surface area (Å²) in [4.78, 5) is 2.44. The van der Waals surface area contributed by atoms with Gasteiger partial charge in [-0.15, -0.1) is 0 Å². The molecule has 3 unspecified atom stereocenters. The second kappa shape index (κ2) is 7.38. The van der Waals surface area contributed by atoms with Crippen LogP contribution in [0.4, 0.5) is 0 Å². The van der Waals surface area contributed by atoms with Crippen molar-refractivity contribution in [3.05, 3.63) is 0 Å². The number of aliphatic hydroxyl groups is 1. The van der Waals surface area contributed by atoms with E-state index in [2.05, 4.69) is 32.7 Å². The Kier molecular flexibility index (Phi) is 6.50. The molecule has 0 aromatic rings. The first-order valence-electron chi connectivity index (χ1n) is 7.39. The van der Waals surface area contributed by atoms with Gasteiger partial charge in [-0.2, -0.15) is 0 Å². The van der Waals surface area contributed by atoms with E-state index in [0.29, 0.717) is 12.0 Å². The molecular weight excluding hydrogens is 210 g/mol. The first-order valence-corrected chi connectivity index (χ1v) is 7.39. The quantitative estimate of drug-likeness (QED) is 0.747. The minimum atomic E-state index is -0.0637. The Morgan fingerprint density at radius 3 is 2.41 bits per heavy atom. The second-order valence-corrected chi connectivity index (χ2v) is 6.38. The number of aliphatic hydroxyl groups excluding tert-OH is 1. The van der Waals surface area contributed by atoms with Crippen molar-refractivity contribution in [3.63, 3.8) is 0 Å². The van der Waals surface area contributed by atoms with Crippen LogP contribution in [0.15, 0.2) is 0 Å². The molecule has 0 aromatic carbocycles. The largest absolute Gasteiger partial charge is 0.393 e. The van der Waals surface area contributed by atoms with E-state index in [0.717, 1.165) is 18.9 Å². The maximum atomic E-state index is 10.1. The van der Waals surface area contributed by atoms with Crippen LogP contribution < -0.4 is 0 Å². The van der Waals surface area contributed by atoms with Crippen LogP contribution in [0.2, 0.25) is 0 Å². The fraction of sp³-hybridized carbons (Fsp3) is 1.00. The van der Waals surface area contributed by atoms with Crippen molar-refractivity contribution in [2.45, 2.75) is 71.4 Å². The van der Waals surface area contributed by atoms with E-state index in [-0.39, 0.29) is 6.10 Å². The van der Waals surface area contributed by atoms with Crippen molar-refractivity contribution in [3.8, 4) is 0 Å². The van der Waals surface area contributed by atoms with Gasteiger partial charge in [0.15, 0.2) is 0 Å². The Bertz CT molecular complexity index is 205. The molecular formula is C15H31NO. The molecule has 0 spiro atoms. The zero-order valence-electron chi connectivity index (χ0n) is 12.2. The van der Waals surface area contributed by atoms with Gasteiger partial charge in [-0.3, -0.25) is 0 Å². The molecule has 2 heteroatoms. The zero-order chi connectivity index (χ0) is 12.8. The van der Waals surface area contributed by atoms with Crippen molar-refractivity contribution in [1.82, 2.24) is 4.90 Å². The third-order valence-corrected chi connectivity index (χ3v) is 4.21. The average molecular weight is 241 g/mol. The smallest absolute Gasteiger partial charge is 0.0580 e. The Morgan fingerprint density at radius 1 is 1.12 bits per heavy atom. The van der Waals surface area contributed by atoms with Crippen LogP contribution in [0, 0.1) is 11.8 Å². The van der Waals surface area contributed by atoms with Gasteiger partial charge in [0, 0.05) is 12.6 Å². The number of nitrogens with zero attached hydrogens (tertiary/aromatic N) is 1. The summed E-state index contributed by atoms with van der Waals surface area (Å²) in [5, 5.41) is 10.1. The van der Waals surface area contributed by atoms with E-state index < -0.39 is 0 Å². The van der Waals surface area contributed by atoms with Crippen molar-refractivity contribution in [2.75, 3.05) is 13.6 Å². The standard InChI is InChI=1S/C15H31NO/c1-12(2)10-13(3)16(4)11-14-8-6-5-7-9-15(14)17/h12-15,17H,5-11H2,1-4H3. The van der Waals surface area contributed by atoms with Gasteiger partial charge in [0.25, 0.3) is 0 Å². The van der Waals surface area contributed by atoms with Gasteiger partial charge >= 0.3 is 0 Å². The molecule has 1 aliphatic rings. The van der Waals surface area contributed by atoms with Crippen LogP contribution in [0.3, 0.4) is 0 Å². The van der Waals surface area contributed by atoms with Crippen LogP contribution in [-0.4, -0.2) is 35.7 Å². The van der Waals surface area contributed by atoms with Crippen molar-refractivity contribution in [1.29, 1.82) is 0 Å². The highest BCUT2D eigenvalue weighted by Crippen LogP contribution is 2.25. The van der Waals surface area contributed by atoms with Crippen LogP contribution in [0.5, 0.6) is 0 Å². The highest BCUT2D eigenvalue weighted by atomic mass is 16.3. The molecule has 0 bridgehead atoms. The average Bonchev–Trinajstić information content (AvgIpc) is 2.43. The summed E-state index contributed by atoms with van der Waals surface area (Å²) in [6, 6.07) is 0.630. The Balaban J connectivity index is 2.39. The molecule has 102 valence electrons. The molecule has 0 aliphatic heterocycles. The molecule has 0 saturated heterocycles. The fourth-order valence-corrected chi connectivity index (χ4v) is 2.99. The molecule has 0 radical (unpaired) electrons. The molecule has 2 nitrogen and oxygen atoms in total. The highest BCUT2D eigenvalue weighted by molar-refractivity contribution is 4.77. The molecule has 17 heavy (non-hydrogen) atoms. The van der Waals surface area contributed by atoms with E-state index in [1.165, 1.54) is 32.1 Å². The van der Waals surface area contributed by atoms with E-state index >= 15 is 0 Å². The first-order chi connectivity index (χ1) is 8.00. The number of hydrogen-bond acceptors (Lipinski definition) is 2. The molecule has 0 amide bonds. The predicted octanol–water partition coefficient (Wildman–Crippen LogP) is 3.29. The topological polar surface area (TPSA) is 23.5 Å². The summed E-state index contributed by atoms with van der Waals surface area (Å²) in [6.45, 7) is 7.94. The molecule has 1 N–H and O–H groups in total.